The van der Waals surface area contributed by atoms with Crippen LogP contribution in [0.25, 0.3) is 0 Å². The van der Waals surface area contributed by atoms with Gasteiger partial charge < -0.3 is 24.8 Å². The van der Waals surface area contributed by atoms with Gasteiger partial charge in [-0.15, -0.1) is 12.8 Å². The Labute approximate surface area is 150 Å². The molecule has 0 radical (unpaired) electrons. The molecular formula is C16H22Cl2Zr. The third-order valence-corrected chi connectivity index (χ3v) is 2.69. The van der Waals surface area contributed by atoms with Crippen LogP contribution in [0.4, 0.5) is 0 Å². The summed E-state index contributed by atoms with van der Waals surface area (Å²) in [4.78, 5) is 0. The molecule has 0 aromatic heterocycles. The fourth-order valence-electron chi connectivity index (χ4n) is 1.64. The Bertz CT molecular complexity index is 303. The van der Waals surface area contributed by atoms with Crippen LogP contribution in [0.3, 0.4) is 0 Å². The normalized spacial score (nSPS) is 14.8. The molecule has 0 bridgehead atoms. The molecule has 2 rings (SSSR count). The van der Waals surface area contributed by atoms with Crippen LogP contribution >= 0.6 is 0 Å². The van der Waals surface area contributed by atoms with E-state index < -0.39 is 0 Å². The average Bonchev–Trinajstić information content (AvgIpc) is 2.93. The molecule has 0 amide bonds. The van der Waals surface area contributed by atoms with Crippen molar-refractivity contribution in [2.24, 2.45) is 11.8 Å². The molecule has 19 heavy (non-hydrogen) atoms. The van der Waals surface area contributed by atoms with Gasteiger partial charge in [-0.05, 0) is 0 Å². The average molecular weight is 376 g/mol. The number of rotatable bonds is 2. The van der Waals surface area contributed by atoms with Gasteiger partial charge in [0.15, 0.2) is 0 Å². The minimum Gasteiger partial charge on any atom is -1.00 e. The molecule has 0 fully saturated rings. The first-order chi connectivity index (χ1) is 7.61. The third-order valence-electron chi connectivity index (χ3n) is 2.69. The molecule has 0 N–H and O–H groups in total. The summed E-state index contributed by atoms with van der Waals surface area (Å²) in [6.07, 6.45) is 17.2. The van der Waals surface area contributed by atoms with E-state index in [9.17, 15) is 0 Å². The summed E-state index contributed by atoms with van der Waals surface area (Å²) < 4.78 is 0. The van der Waals surface area contributed by atoms with Gasteiger partial charge in [-0.1, -0.05) is 39.5 Å². The van der Waals surface area contributed by atoms with Gasteiger partial charge in [0.05, 0.1) is 0 Å². The smallest absolute Gasteiger partial charge is 1.00 e. The predicted molar refractivity (Wildman–Crippen MR) is 70.7 cm³/mol. The van der Waals surface area contributed by atoms with E-state index >= 15 is 0 Å². The predicted octanol–water partition coefficient (Wildman–Crippen LogP) is -1.33. The second-order valence-corrected chi connectivity index (χ2v) is 4.79. The fraction of sp³-hybridized carbons (Fsp3) is 0.500. The zero-order valence-corrected chi connectivity index (χ0v) is 16.1. The van der Waals surface area contributed by atoms with Crippen molar-refractivity contribution in [3.05, 3.63) is 47.6 Å². The molecule has 0 aliphatic heterocycles. The standard InChI is InChI=1S/2C8H11.2ClH.Zr/c2*1-7(2)8-5-3-4-6-8;;;/h2*3,5,7H,4H2,1-2H3;2*1H;/q2*-1;;;+4/p-2. The molecule has 104 valence electrons. The van der Waals surface area contributed by atoms with Crippen LogP contribution in [0, 0.1) is 24.0 Å². The third kappa shape index (κ3) is 9.88. The van der Waals surface area contributed by atoms with E-state index in [1.807, 2.05) is 0 Å². The van der Waals surface area contributed by atoms with E-state index in [0.29, 0.717) is 11.8 Å². The van der Waals surface area contributed by atoms with E-state index in [4.69, 9.17) is 0 Å². The van der Waals surface area contributed by atoms with Gasteiger partial charge in [0.1, 0.15) is 0 Å². The maximum absolute atomic E-state index is 3.26. The Kier molecular flexibility index (Phi) is 17.2. The summed E-state index contributed by atoms with van der Waals surface area (Å²) >= 11 is 0. The minimum absolute atomic E-state index is 0. The number of halogens is 2. The second-order valence-electron chi connectivity index (χ2n) is 4.79. The van der Waals surface area contributed by atoms with E-state index in [0.717, 1.165) is 12.8 Å². The largest absolute Gasteiger partial charge is 4.00 e. The van der Waals surface area contributed by atoms with Crippen molar-refractivity contribution in [1.82, 2.24) is 0 Å². The van der Waals surface area contributed by atoms with E-state index in [-0.39, 0.29) is 51.0 Å². The van der Waals surface area contributed by atoms with E-state index in [1.54, 1.807) is 0 Å². The Morgan fingerprint density at radius 1 is 0.789 bits per heavy atom. The molecular weight excluding hydrogens is 354 g/mol. The Balaban J connectivity index is -0.000000233. The van der Waals surface area contributed by atoms with Gasteiger partial charge in [-0.2, -0.15) is 12.2 Å². The molecule has 0 aromatic rings. The molecule has 0 nitrogen and oxygen atoms in total. The first kappa shape index (κ1) is 24.4. The number of allylic oxidation sites excluding steroid dienone is 8. The van der Waals surface area contributed by atoms with Gasteiger partial charge in [-0.25, -0.2) is 23.3 Å². The van der Waals surface area contributed by atoms with Crippen molar-refractivity contribution in [2.45, 2.75) is 40.5 Å². The van der Waals surface area contributed by atoms with Gasteiger partial charge in [0, 0.05) is 0 Å². The minimum atomic E-state index is 0. The van der Waals surface area contributed by atoms with Crippen LogP contribution in [0.2, 0.25) is 0 Å². The molecule has 0 atom stereocenters. The summed E-state index contributed by atoms with van der Waals surface area (Å²) in [6.45, 7) is 8.77. The summed E-state index contributed by atoms with van der Waals surface area (Å²) in [6, 6.07) is 0. The van der Waals surface area contributed by atoms with Crippen LogP contribution in [0.15, 0.2) is 35.5 Å². The Hall–Kier alpha value is 0.423. The Morgan fingerprint density at radius 3 is 1.21 bits per heavy atom. The molecule has 3 heteroatoms. The summed E-state index contributed by atoms with van der Waals surface area (Å²) in [5.41, 5.74) is 2.73. The summed E-state index contributed by atoms with van der Waals surface area (Å²) in [7, 11) is 0. The fourth-order valence-corrected chi connectivity index (χ4v) is 1.64. The zero-order valence-electron chi connectivity index (χ0n) is 12.1. The number of hydrogen-bond acceptors (Lipinski definition) is 0. The zero-order chi connectivity index (χ0) is 12.0. The van der Waals surface area contributed by atoms with E-state index in [1.165, 1.54) is 11.1 Å². The quantitative estimate of drug-likeness (QED) is 0.524. The molecule has 0 saturated heterocycles. The molecule has 0 spiro atoms. The van der Waals surface area contributed by atoms with Gasteiger partial charge in [0.2, 0.25) is 0 Å². The molecule has 0 unspecified atom stereocenters. The maximum Gasteiger partial charge on any atom is 4.00 e. The van der Waals surface area contributed by atoms with Crippen LogP contribution in [0.1, 0.15) is 40.5 Å². The van der Waals surface area contributed by atoms with Gasteiger partial charge in [0.25, 0.3) is 0 Å². The van der Waals surface area contributed by atoms with Crippen LogP contribution in [-0.2, 0) is 26.2 Å². The molecule has 0 saturated carbocycles. The second kappa shape index (κ2) is 13.4. The summed E-state index contributed by atoms with van der Waals surface area (Å²) in [5.74, 6) is 1.32. The molecule has 2 aliphatic rings. The van der Waals surface area contributed by atoms with Crippen LogP contribution in [0.5, 0.6) is 0 Å². The summed E-state index contributed by atoms with van der Waals surface area (Å²) in [5, 5.41) is 0. The van der Waals surface area contributed by atoms with Gasteiger partial charge in [-0.3, -0.25) is 12.2 Å². The Morgan fingerprint density at radius 2 is 1.11 bits per heavy atom. The van der Waals surface area contributed by atoms with Crippen LogP contribution < -0.4 is 24.8 Å². The van der Waals surface area contributed by atoms with Crippen molar-refractivity contribution < 1.29 is 51.0 Å². The topological polar surface area (TPSA) is 0 Å². The molecule has 2 aliphatic carbocycles. The van der Waals surface area contributed by atoms with Crippen molar-refractivity contribution in [3.63, 3.8) is 0 Å². The monoisotopic (exact) mass is 374 g/mol. The molecule has 0 aromatic carbocycles. The number of hydrogen-bond donors (Lipinski definition) is 0. The maximum atomic E-state index is 3.26. The first-order valence-electron chi connectivity index (χ1n) is 6.15. The SMILES string of the molecule is CC(C)C1=[C-]CC=C1.CC(C)C1=[C-]CC=C1.[Cl-].[Cl-].[Zr+4]. The van der Waals surface area contributed by atoms with Crippen molar-refractivity contribution in [3.8, 4) is 0 Å². The van der Waals surface area contributed by atoms with Crippen molar-refractivity contribution in [1.29, 1.82) is 0 Å². The van der Waals surface area contributed by atoms with Gasteiger partial charge >= 0.3 is 26.2 Å². The van der Waals surface area contributed by atoms with Crippen molar-refractivity contribution in [2.75, 3.05) is 0 Å². The van der Waals surface area contributed by atoms with E-state index in [2.05, 4.69) is 64.2 Å². The molecule has 0 heterocycles. The van der Waals surface area contributed by atoms with Crippen molar-refractivity contribution >= 4 is 0 Å². The van der Waals surface area contributed by atoms with Crippen LogP contribution in [-0.4, -0.2) is 0 Å². The first-order valence-corrected chi connectivity index (χ1v) is 6.15.